The molecule has 0 heterocycles. The van der Waals surface area contributed by atoms with Gasteiger partial charge < -0.3 is 15.3 Å². The summed E-state index contributed by atoms with van der Waals surface area (Å²) in [6.45, 7) is 0.216. The Labute approximate surface area is 147 Å². The van der Waals surface area contributed by atoms with Crippen molar-refractivity contribution in [3.8, 4) is 0 Å². The molecule has 2 amide bonds. The molecular formula is C20H22N2O3. The first-order valence-corrected chi connectivity index (χ1v) is 8.54. The van der Waals surface area contributed by atoms with E-state index in [-0.39, 0.29) is 19.7 Å². The minimum absolute atomic E-state index is 0.116. The van der Waals surface area contributed by atoms with Gasteiger partial charge in [-0.05, 0) is 48.1 Å². The summed E-state index contributed by atoms with van der Waals surface area (Å²) in [5, 5.41) is 11.9. The third kappa shape index (κ3) is 4.25. The van der Waals surface area contributed by atoms with E-state index in [2.05, 4.69) is 5.32 Å². The first kappa shape index (κ1) is 17.2. The minimum atomic E-state index is -0.678. The van der Waals surface area contributed by atoms with Gasteiger partial charge >= 0.3 is 11.8 Å². The number of benzene rings is 2. The van der Waals surface area contributed by atoms with Gasteiger partial charge in [-0.2, -0.15) is 0 Å². The van der Waals surface area contributed by atoms with Gasteiger partial charge in [0.05, 0.1) is 6.61 Å². The second-order valence-electron chi connectivity index (χ2n) is 6.23. The molecule has 0 radical (unpaired) electrons. The van der Waals surface area contributed by atoms with Crippen molar-refractivity contribution in [2.75, 3.05) is 18.5 Å². The second-order valence-corrected chi connectivity index (χ2v) is 6.23. The lowest BCUT2D eigenvalue weighted by Crippen LogP contribution is -2.40. The summed E-state index contributed by atoms with van der Waals surface area (Å²) >= 11 is 0. The van der Waals surface area contributed by atoms with E-state index in [4.69, 9.17) is 0 Å². The standard InChI is InChI=1S/C20H22N2O3/c23-12-11-22(14-15-5-2-1-3-6-15)20(25)19(24)21-18-10-9-16-7-4-8-17(16)13-18/h1-3,5-6,9-10,13,23H,4,7-8,11-12,14H2,(H,21,24). The van der Waals surface area contributed by atoms with Crippen molar-refractivity contribution in [2.24, 2.45) is 0 Å². The van der Waals surface area contributed by atoms with Crippen LogP contribution in [-0.2, 0) is 29.0 Å². The first-order valence-electron chi connectivity index (χ1n) is 8.54. The smallest absolute Gasteiger partial charge is 0.313 e. The summed E-state index contributed by atoms with van der Waals surface area (Å²) in [5.74, 6) is -1.32. The van der Waals surface area contributed by atoms with Crippen molar-refractivity contribution in [2.45, 2.75) is 25.8 Å². The molecule has 0 spiro atoms. The molecule has 25 heavy (non-hydrogen) atoms. The van der Waals surface area contributed by atoms with Gasteiger partial charge in [-0.25, -0.2) is 0 Å². The number of nitrogens with zero attached hydrogens (tertiary/aromatic N) is 1. The van der Waals surface area contributed by atoms with Gasteiger partial charge in [-0.15, -0.1) is 0 Å². The highest BCUT2D eigenvalue weighted by Crippen LogP contribution is 2.24. The fourth-order valence-corrected chi connectivity index (χ4v) is 3.15. The Morgan fingerprint density at radius 1 is 1.04 bits per heavy atom. The number of carbonyl (C=O) groups excluding carboxylic acids is 2. The van der Waals surface area contributed by atoms with E-state index in [1.807, 2.05) is 48.5 Å². The molecule has 2 N–H and O–H groups in total. The Kier molecular flexibility index (Phi) is 5.46. The monoisotopic (exact) mass is 338 g/mol. The molecule has 0 unspecified atom stereocenters. The number of rotatable bonds is 5. The van der Waals surface area contributed by atoms with Crippen LogP contribution in [0.5, 0.6) is 0 Å². The molecule has 0 saturated heterocycles. The van der Waals surface area contributed by atoms with Crippen LogP contribution in [0.4, 0.5) is 5.69 Å². The highest BCUT2D eigenvalue weighted by atomic mass is 16.3. The van der Waals surface area contributed by atoms with Crippen molar-refractivity contribution < 1.29 is 14.7 Å². The summed E-state index contributed by atoms with van der Waals surface area (Å²) < 4.78 is 0. The molecule has 0 fully saturated rings. The van der Waals surface area contributed by atoms with E-state index in [0.717, 1.165) is 24.8 Å². The number of anilines is 1. The molecule has 0 aliphatic heterocycles. The SMILES string of the molecule is O=C(Nc1ccc2c(c1)CCC2)C(=O)N(CCO)Cc1ccccc1. The second kappa shape index (κ2) is 7.94. The Morgan fingerprint density at radius 2 is 1.80 bits per heavy atom. The number of fused-ring (bicyclic) bond motifs is 1. The van der Waals surface area contributed by atoms with E-state index < -0.39 is 11.8 Å². The molecule has 5 nitrogen and oxygen atoms in total. The Balaban J connectivity index is 1.67. The van der Waals surface area contributed by atoms with Crippen molar-refractivity contribution in [3.63, 3.8) is 0 Å². The summed E-state index contributed by atoms with van der Waals surface area (Å²) in [5.41, 5.74) is 4.11. The first-order chi connectivity index (χ1) is 12.2. The molecule has 0 saturated carbocycles. The van der Waals surface area contributed by atoms with Crippen molar-refractivity contribution >= 4 is 17.5 Å². The number of aliphatic hydroxyl groups excluding tert-OH is 1. The zero-order valence-corrected chi connectivity index (χ0v) is 14.1. The maximum Gasteiger partial charge on any atom is 0.313 e. The van der Waals surface area contributed by atoms with Crippen LogP contribution in [0, 0.1) is 0 Å². The molecule has 0 aromatic heterocycles. The predicted octanol–water partition coefficient (Wildman–Crippen LogP) is 2.13. The summed E-state index contributed by atoms with van der Waals surface area (Å²) in [6.07, 6.45) is 3.22. The lowest BCUT2D eigenvalue weighted by molar-refractivity contribution is -0.143. The molecule has 0 atom stereocenters. The number of amides is 2. The van der Waals surface area contributed by atoms with Crippen LogP contribution in [0.3, 0.4) is 0 Å². The van der Waals surface area contributed by atoms with Crippen LogP contribution in [0.1, 0.15) is 23.1 Å². The summed E-state index contributed by atoms with van der Waals surface area (Å²) in [6, 6.07) is 15.2. The van der Waals surface area contributed by atoms with Gasteiger partial charge in [0.1, 0.15) is 0 Å². The quantitative estimate of drug-likeness (QED) is 0.821. The normalized spacial score (nSPS) is 12.5. The number of aliphatic hydroxyl groups is 1. The summed E-state index contributed by atoms with van der Waals surface area (Å²) in [7, 11) is 0. The van der Waals surface area contributed by atoms with E-state index in [1.54, 1.807) is 0 Å². The average molecular weight is 338 g/mol. The van der Waals surface area contributed by atoms with Gasteiger partial charge in [-0.3, -0.25) is 9.59 Å². The van der Waals surface area contributed by atoms with E-state index in [0.29, 0.717) is 5.69 Å². The molecule has 1 aliphatic rings. The maximum absolute atomic E-state index is 12.5. The highest BCUT2D eigenvalue weighted by molar-refractivity contribution is 6.39. The van der Waals surface area contributed by atoms with Gasteiger partial charge in [-0.1, -0.05) is 36.4 Å². The molecule has 3 rings (SSSR count). The van der Waals surface area contributed by atoms with Crippen LogP contribution in [-0.4, -0.2) is 35.0 Å². The number of hydrogen-bond donors (Lipinski definition) is 2. The van der Waals surface area contributed by atoms with E-state index in [9.17, 15) is 14.7 Å². The highest BCUT2D eigenvalue weighted by Gasteiger charge is 2.22. The maximum atomic E-state index is 12.5. The topological polar surface area (TPSA) is 69.6 Å². The molecular weight excluding hydrogens is 316 g/mol. The van der Waals surface area contributed by atoms with Gasteiger partial charge in [0, 0.05) is 18.8 Å². The Morgan fingerprint density at radius 3 is 2.56 bits per heavy atom. The molecule has 2 aromatic carbocycles. The molecule has 2 aromatic rings. The number of hydrogen-bond acceptors (Lipinski definition) is 3. The van der Waals surface area contributed by atoms with Crippen LogP contribution >= 0.6 is 0 Å². The lowest BCUT2D eigenvalue weighted by atomic mass is 10.1. The van der Waals surface area contributed by atoms with Crippen molar-refractivity contribution in [1.82, 2.24) is 4.90 Å². The van der Waals surface area contributed by atoms with Gasteiger partial charge in [0.25, 0.3) is 0 Å². The summed E-state index contributed by atoms with van der Waals surface area (Å²) in [4.78, 5) is 26.2. The third-order valence-corrected chi connectivity index (χ3v) is 4.42. The number of aryl methyl sites for hydroxylation is 2. The molecule has 1 aliphatic carbocycles. The van der Waals surface area contributed by atoms with E-state index in [1.165, 1.54) is 16.0 Å². The van der Waals surface area contributed by atoms with Crippen molar-refractivity contribution in [3.05, 3.63) is 65.2 Å². The van der Waals surface area contributed by atoms with Crippen LogP contribution < -0.4 is 5.32 Å². The molecule has 130 valence electrons. The number of nitrogens with one attached hydrogen (secondary N) is 1. The zero-order chi connectivity index (χ0) is 17.6. The fourth-order valence-electron chi connectivity index (χ4n) is 3.15. The molecule has 0 bridgehead atoms. The Bertz CT molecular complexity index is 759. The van der Waals surface area contributed by atoms with Crippen molar-refractivity contribution in [1.29, 1.82) is 0 Å². The minimum Gasteiger partial charge on any atom is -0.395 e. The Hall–Kier alpha value is -2.66. The number of carbonyl (C=O) groups is 2. The van der Waals surface area contributed by atoms with Crippen LogP contribution in [0.2, 0.25) is 0 Å². The zero-order valence-electron chi connectivity index (χ0n) is 14.1. The average Bonchev–Trinajstić information content (AvgIpc) is 3.09. The van der Waals surface area contributed by atoms with Crippen LogP contribution in [0.25, 0.3) is 0 Å². The van der Waals surface area contributed by atoms with Gasteiger partial charge in [0.15, 0.2) is 0 Å². The largest absolute Gasteiger partial charge is 0.395 e. The predicted molar refractivity (Wildman–Crippen MR) is 96.0 cm³/mol. The fraction of sp³-hybridized carbons (Fsp3) is 0.300. The molecule has 5 heteroatoms. The third-order valence-electron chi connectivity index (χ3n) is 4.42. The van der Waals surface area contributed by atoms with Crippen LogP contribution in [0.15, 0.2) is 48.5 Å². The van der Waals surface area contributed by atoms with E-state index >= 15 is 0 Å². The van der Waals surface area contributed by atoms with Gasteiger partial charge in [0.2, 0.25) is 0 Å². The lowest BCUT2D eigenvalue weighted by Gasteiger charge is -2.21.